The summed E-state index contributed by atoms with van der Waals surface area (Å²) in [6.45, 7) is 2.22. The minimum absolute atomic E-state index is 0.210. The van der Waals surface area contributed by atoms with Gasteiger partial charge in [-0.25, -0.2) is 4.98 Å². The van der Waals surface area contributed by atoms with Gasteiger partial charge in [0.2, 0.25) is 0 Å². The van der Waals surface area contributed by atoms with Crippen LogP contribution in [0.15, 0.2) is 0 Å². The van der Waals surface area contributed by atoms with Crippen LogP contribution in [0.5, 0.6) is 0 Å². The first-order valence-corrected chi connectivity index (χ1v) is 3.87. The van der Waals surface area contributed by atoms with Crippen molar-refractivity contribution in [2.75, 3.05) is 6.61 Å². The van der Waals surface area contributed by atoms with Gasteiger partial charge in [-0.1, -0.05) is 6.92 Å². The maximum atomic E-state index is 8.53. The molecule has 0 radical (unpaired) electrons. The fourth-order valence-electron chi connectivity index (χ4n) is 0.851. The Bertz CT molecular complexity index is 209. The summed E-state index contributed by atoms with van der Waals surface area (Å²) in [7, 11) is 0. The summed E-state index contributed by atoms with van der Waals surface area (Å²) in [6, 6.07) is 0. The molecule has 0 saturated carbocycles. The molecule has 2 N–H and O–H groups in total. The molecule has 62 valence electrons. The third kappa shape index (κ3) is 2.31. The third-order valence-electron chi connectivity index (χ3n) is 1.47. The predicted molar refractivity (Wildman–Crippen MR) is 41.2 cm³/mol. The first-order chi connectivity index (χ1) is 5.36. The number of aromatic amines is 1. The zero-order valence-electron chi connectivity index (χ0n) is 6.67. The van der Waals surface area contributed by atoms with Gasteiger partial charge in [-0.3, -0.25) is 5.10 Å². The lowest BCUT2D eigenvalue weighted by molar-refractivity contribution is 0.287. The second-order valence-corrected chi connectivity index (χ2v) is 2.38. The molecule has 11 heavy (non-hydrogen) atoms. The maximum Gasteiger partial charge on any atom is 0.150 e. The summed E-state index contributed by atoms with van der Waals surface area (Å²) >= 11 is 0. The molecule has 0 bridgehead atoms. The second-order valence-electron chi connectivity index (χ2n) is 2.38. The van der Waals surface area contributed by atoms with Crippen LogP contribution in [0.4, 0.5) is 0 Å². The normalized spacial score (nSPS) is 10.4. The molecule has 4 nitrogen and oxygen atoms in total. The molecule has 0 aliphatic carbocycles. The lowest BCUT2D eigenvalue weighted by Crippen LogP contribution is -1.91. The van der Waals surface area contributed by atoms with Gasteiger partial charge in [-0.05, 0) is 6.42 Å². The largest absolute Gasteiger partial charge is 0.396 e. The molecule has 4 heteroatoms. The van der Waals surface area contributed by atoms with Crippen LogP contribution in [0.1, 0.15) is 25.0 Å². The number of aromatic nitrogens is 3. The van der Waals surface area contributed by atoms with Crippen molar-refractivity contribution in [1.82, 2.24) is 15.2 Å². The number of H-pyrrole nitrogens is 1. The Labute approximate surface area is 65.7 Å². The van der Waals surface area contributed by atoms with Crippen molar-refractivity contribution in [2.24, 2.45) is 0 Å². The van der Waals surface area contributed by atoms with Gasteiger partial charge in [0.25, 0.3) is 0 Å². The van der Waals surface area contributed by atoms with Gasteiger partial charge in [0.15, 0.2) is 0 Å². The van der Waals surface area contributed by atoms with Crippen LogP contribution in [0.25, 0.3) is 0 Å². The van der Waals surface area contributed by atoms with Crippen molar-refractivity contribution >= 4 is 0 Å². The molecule has 1 heterocycles. The van der Waals surface area contributed by atoms with E-state index in [1.54, 1.807) is 0 Å². The molecule has 0 fully saturated rings. The van der Waals surface area contributed by atoms with Gasteiger partial charge >= 0.3 is 0 Å². The number of nitrogens with zero attached hydrogens (tertiary/aromatic N) is 2. The summed E-state index contributed by atoms with van der Waals surface area (Å²) in [5.41, 5.74) is 0. The molecular formula is C7H13N3O. The Hall–Kier alpha value is -0.900. The van der Waals surface area contributed by atoms with Crippen molar-refractivity contribution < 1.29 is 5.11 Å². The Morgan fingerprint density at radius 2 is 2.36 bits per heavy atom. The molecule has 0 aliphatic rings. The highest BCUT2D eigenvalue weighted by Gasteiger charge is 1.99. The van der Waals surface area contributed by atoms with Gasteiger partial charge in [-0.2, -0.15) is 5.10 Å². The highest BCUT2D eigenvalue weighted by Crippen LogP contribution is 1.96. The third-order valence-corrected chi connectivity index (χ3v) is 1.47. The van der Waals surface area contributed by atoms with E-state index in [1.165, 1.54) is 0 Å². The van der Waals surface area contributed by atoms with Gasteiger partial charge in [-0.15, -0.1) is 0 Å². The Kier molecular flexibility index (Phi) is 3.04. The monoisotopic (exact) mass is 155 g/mol. The van der Waals surface area contributed by atoms with E-state index in [4.69, 9.17) is 5.11 Å². The van der Waals surface area contributed by atoms with Crippen molar-refractivity contribution in [3.05, 3.63) is 11.6 Å². The van der Waals surface area contributed by atoms with Crippen molar-refractivity contribution in [2.45, 2.75) is 26.2 Å². The molecule has 0 atom stereocenters. The van der Waals surface area contributed by atoms with E-state index in [0.717, 1.165) is 30.9 Å². The number of aliphatic hydroxyl groups is 1. The fraction of sp³-hybridized carbons (Fsp3) is 0.714. The first-order valence-electron chi connectivity index (χ1n) is 3.87. The average Bonchev–Trinajstić information content (AvgIpc) is 2.48. The van der Waals surface area contributed by atoms with Gasteiger partial charge in [0.1, 0.15) is 11.6 Å². The number of rotatable bonds is 4. The number of aliphatic hydroxyl groups excluding tert-OH is 1. The molecular weight excluding hydrogens is 142 g/mol. The molecule has 0 saturated heterocycles. The summed E-state index contributed by atoms with van der Waals surface area (Å²) in [4.78, 5) is 4.19. The predicted octanol–water partition coefficient (Wildman–Crippen LogP) is 0.292. The van der Waals surface area contributed by atoms with E-state index in [1.807, 2.05) is 6.92 Å². The summed E-state index contributed by atoms with van der Waals surface area (Å²) in [5.74, 6) is 1.72. The van der Waals surface area contributed by atoms with Crippen LogP contribution in [-0.4, -0.2) is 26.9 Å². The smallest absolute Gasteiger partial charge is 0.150 e. The summed E-state index contributed by atoms with van der Waals surface area (Å²) in [6.07, 6.45) is 2.39. The highest BCUT2D eigenvalue weighted by atomic mass is 16.2. The Balaban J connectivity index is 2.44. The lowest BCUT2D eigenvalue weighted by atomic mass is 10.3. The number of nitrogens with one attached hydrogen (secondary N) is 1. The molecule has 1 aromatic heterocycles. The van der Waals surface area contributed by atoms with Crippen LogP contribution < -0.4 is 0 Å². The SMILES string of the molecule is CCc1n[nH]c(CCCO)n1. The summed E-state index contributed by atoms with van der Waals surface area (Å²) < 4.78 is 0. The zero-order valence-corrected chi connectivity index (χ0v) is 6.67. The van der Waals surface area contributed by atoms with Crippen LogP contribution in [0.2, 0.25) is 0 Å². The molecule has 0 aliphatic heterocycles. The first kappa shape index (κ1) is 8.20. The zero-order chi connectivity index (χ0) is 8.10. The fourth-order valence-corrected chi connectivity index (χ4v) is 0.851. The van der Waals surface area contributed by atoms with E-state index < -0.39 is 0 Å². The quantitative estimate of drug-likeness (QED) is 0.657. The minimum atomic E-state index is 0.210. The maximum absolute atomic E-state index is 8.53. The average molecular weight is 155 g/mol. The van der Waals surface area contributed by atoms with Crippen LogP contribution in [0.3, 0.4) is 0 Å². The Morgan fingerprint density at radius 3 is 2.91 bits per heavy atom. The number of aryl methyl sites for hydroxylation is 2. The van der Waals surface area contributed by atoms with E-state index in [-0.39, 0.29) is 6.61 Å². The molecule has 0 amide bonds. The van der Waals surface area contributed by atoms with Gasteiger partial charge in [0, 0.05) is 19.4 Å². The van der Waals surface area contributed by atoms with Crippen molar-refractivity contribution in [3.8, 4) is 0 Å². The van der Waals surface area contributed by atoms with E-state index in [0.29, 0.717) is 0 Å². The van der Waals surface area contributed by atoms with Crippen molar-refractivity contribution in [1.29, 1.82) is 0 Å². The van der Waals surface area contributed by atoms with E-state index in [9.17, 15) is 0 Å². The van der Waals surface area contributed by atoms with E-state index in [2.05, 4.69) is 15.2 Å². The van der Waals surface area contributed by atoms with Gasteiger partial charge in [0.05, 0.1) is 0 Å². The molecule has 0 unspecified atom stereocenters. The molecule has 1 rings (SSSR count). The molecule has 1 aromatic rings. The highest BCUT2D eigenvalue weighted by molar-refractivity contribution is 4.89. The number of hydrogen-bond acceptors (Lipinski definition) is 3. The standard InChI is InChI=1S/C7H13N3O/c1-2-6-8-7(10-9-6)4-3-5-11/h11H,2-5H2,1H3,(H,8,9,10). The minimum Gasteiger partial charge on any atom is -0.396 e. The summed E-state index contributed by atoms with van der Waals surface area (Å²) in [5, 5.41) is 15.3. The van der Waals surface area contributed by atoms with Crippen molar-refractivity contribution in [3.63, 3.8) is 0 Å². The Morgan fingerprint density at radius 1 is 1.55 bits per heavy atom. The lowest BCUT2D eigenvalue weighted by Gasteiger charge is -1.89. The van der Waals surface area contributed by atoms with E-state index >= 15 is 0 Å². The topological polar surface area (TPSA) is 61.8 Å². The van der Waals surface area contributed by atoms with Gasteiger partial charge < -0.3 is 5.11 Å². The molecule has 0 spiro atoms. The van der Waals surface area contributed by atoms with Crippen LogP contribution in [-0.2, 0) is 12.8 Å². The van der Waals surface area contributed by atoms with Crippen LogP contribution >= 0.6 is 0 Å². The molecule has 0 aromatic carbocycles. The second kappa shape index (κ2) is 4.08. The number of hydrogen-bond donors (Lipinski definition) is 2. The van der Waals surface area contributed by atoms with Crippen LogP contribution in [0, 0.1) is 0 Å².